The van der Waals surface area contributed by atoms with Crippen molar-refractivity contribution in [2.45, 2.75) is 12.8 Å². The molecule has 1 aliphatic rings. The number of nitrogens with zero attached hydrogens (tertiary/aromatic N) is 2. The molecule has 0 unspecified atom stereocenters. The van der Waals surface area contributed by atoms with E-state index in [0.29, 0.717) is 0 Å². The van der Waals surface area contributed by atoms with Crippen molar-refractivity contribution in [1.82, 2.24) is 9.13 Å². The topological polar surface area (TPSA) is 9.86 Å². The number of hydrogen-bond acceptors (Lipinski definition) is 0. The first-order valence-electron chi connectivity index (χ1n) is 14.1. The number of hydrogen-bond donors (Lipinski definition) is 0. The Balaban J connectivity index is 1.37. The van der Waals surface area contributed by atoms with E-state index in [1.807, 2.05) is 0 Å². The van der Waals surface area contributed by atoms with Crippen LogP contribution < -0.4 is 0 Å². The summed E-state index contributed by atoms with van der Waals surface area (Å²) >= 11 is 0. The molecule has 40 heavy (non-hydrogen) atoms. The minimum atomic E-state index is 1.06. The standard InChI is InChI=1S/C38H26N2/c1-3-11-27(12-4-1)39-35-17-9-7-15-29(35)33-21-25-19-20-26-22-34-30-16-8-10-18-36(30)40(28-13-5-2-6-14-28)38(34)24-32(26)31(25)23-37(33)39/h1-18,21-24H,19-20H2. The highest BCUT2D eigenvalue weighted by atomic mass is 15.0. The number of para-hydroxylation sites is 4. The lowest BCUT2D eigenvalue weighted by Gasteiger charge is -2.21. The summed E-state index contributed by atoms with van der Waals surface area (Å²) in [6, 6.07) is 49.0. The second kappa shape index (κ2) is 8.21. The minimum absolute atomic E-state index is 1.06. The van der Waals surface area contributed by atoms with Gasteiger partial charge in [0.2, 0.25) is 0 Å². The number of aryl methyl sites for hydroxylation is 2. The largest absolute Gasteiger partial charge is 0.309 e. The molecule has 0 bridgehead atoms. The van der Waals surface area contributed by atoms with Gasteiger partial charge >= 0.3 is 0 Å². The first kappa shape index (κ1) is 21.8. The van der Waals surface area contributed by atoms with Crippen molar-refractivity contribution >= 4 is 43.6 Å². The fourth-order valence-electron chi connectivity index (χ4n) is 7.01. The van der Waals surface area contributed by atoms with Crippen molar-refractivity contribution < 1.29 is 0 Å². The van der Waals surface area contributed by atoms with Crippen molar-refractivity contribution in [3.05, 3.63) is 145 Å². The number of benzene rings is 6. The van der Waals surface area contributed by atoms with Gasteiger partial charge in [-0.3, -0.25) is 0 Å². The maximum absolute atomic E-state index is 2.46. The van der Waals surface area contributed by atoms with Gasteiger partial charge in [0, 0.05) is 32.9 Å². The van der Waals surface area contributed by atoms with Crippen molar-refractivity contribution in [3.63, 3.8) is 0 Å². The van der Waals surface area contributed by atoms with Gasteiger partial charge in [0.25, 0.3) is 0 Å². The van der Waals surface area contributed by atoms with Crippen molar-refractivity contribution in [2.75, 3.05) is 0 Å². The average molecular weight is 511 g/mol. The van der Waals surface area contributed by atoms with Gasteiger partial charge in [0.15, 0.2) is 0 Å². The van der Waals surface area contributed by atoms with Crippen molar-refractivity contribution in [3.8, 4) is 22.5 Å². The van der Waals surface area contributed by atoms with Gasteiger partial charge < -0.3 is 9.13 Å². The quantitative estimate of drug-likeness (QED) is 0.219. The third-order valence-corrected chi connectivity index (χ3v) is 8.78. The summed E-state index contributed by atoms with van der Waals surface area (Å²) in [5.74, 6) is 0. The van der Waals surface area contributed by atoms with E-state index in [2.05, 4.69) is 143 Å². The molecule has 0 aliphatic heterocycles. The minimum Gasteiger partial charge on any atom is -0.309 e. The van der Waals surface area contributed by atoms with E-state index in [1.165, 1.54) is 77.2 Å². The summed E-state index contributed by atoms with van der Waals surface area (Å²) in [6.45, 7) is 0. The Morgan fingerprint density at radius 1 is 0.350 bits per heavy atom. The second-order valence-corrected chi connectivity index (χ2v) is 10.9. The number of fused-ring (bicyclic) bond motifs is 9. The van der Waals surface area contributed by atoms with Crippen LogP contribution >= 0.6 is 0 Å². The molecule has 0 radical (unpaired) electrons. The van der Waals surface area contributed by atoms with Crippen molar-refractivity contribution in [1.29, 1.82) is 0 Å². The number of aromatic nitrogens is 2. The lowest BCUT2D eigenvalue weighted by atomic mass is 9.84. The predicted molar refractivity (Wildman–Crippen MR) is 168 cm³/mol. The zero-order chi connectivity index (χ0) is 26.2. The van der Waals surface area contributed by atoms with Gasteiger partial charge in [-0.1, -0.05) is 72.8 Å². The van der Waals surface area contributed by atoms with Crippen LogP contribution in [-0.2, 0) is 12.8 Å². The molecule has 6 aromatic carbocycles. The Morgan fingerprint density at radius 3 is 1.20 bits per heavy atom. The van der Waals surface area contributed by atoms with Crippen LogP contribution in [0.25, 0.3) is 66.1 Å². The molecular weight excluding hydrogens is 484 g/mol. The Bertz CT molecular complexity index is 2090. The van der Waals surface area contributed by atoms with Crippen LogP contribution in [0.2, 0.25) is 0 Å². The monoisotopic (exact) mass is 510 g/mol. The Morgan fingerprint density at radius 2 is 0.750 bits per heavy atom. The molecular formula is C38H26N2. The summed E-state index contributed by atoms with van der Waals surface area (Å²) in [7, 11) is 0. The molecule has 1 aliphatic carbocycles. The Kier molecular flexibility index (Phi) is 4.48. The molecule has 188 valence electrons. The fourth-order valence-corrected chi connectivity index (χ4v) is 7.01. The number of rotatable bonds is 2. The predicted octanol–water partition coefficient (Wildman–Crippen LogP) is 9.65. The van der Waals surface area contributed by atoms with Gasteiger partial charge in [-0.05, 0) is 95.8 Å². The van der Waals surface area contributed by atoms with E-state index < -0.39 is 0 Å². The molecule has 2 heterocycles. The smallest absolute Gasteiger partial charge is 0.0547 e. The SMILES string of the molecule is c1ccc(-n2c3ccccc3c3cc4c(cc32)-c2cc3c(cc2CC4)c2ccccc2n3-c2ccccc2)cc1. The molecule has 0 spiro atoms. The fraction of sp³-hybridized carbons (Fsp3) is 0.0526. The van der Waals surface area contributed by atoms with E-state index in [-0.39, 0.29) is 0 Å². The summed E-state index contributed by atoms with van der Waals surface area (Å²) in [4.78, 5) is 0. The summed E-state index contributed by atoms with van der Waals surface area (Å²) in [6.07, 6.45) is 2.12. The highest BCUT2D eigenvalue weighted by Crippen LogP contribution is 2.43. The van der Waals surface area contributed by atoms with Crippen LogP contribution in [0.3, 0.4) is 0 Å². The van der Waals surface area contributed by atoms with Gasteiger partial charge in [0.05, 0.1) is 22.1 Å². The summed E-state index contributed by atoms with van der Waals surface area (Å²) in [5, 5.41) is 5.30. The summed E-state index contributed by atoms with van der Waals surface area (Å²) in [5.41, 5.74) is 13.0. The maximum atomic E-state index is 2.46. The third-order valence-electron chi connectivity index (χ3n) is 8.78. The zero-order valence-electron chi connectivity index (χ0n) is 22.0. The maximum Gasteiger partial charge on any atom is 0.0547 e. The zero-order valence-corrected chi connectivity index (χ0v) is 22.0. The van der Waals surface area contributed by atoms with Crippen molar-refractivity contribution in [2.24, 2.45) is 0 Å². The molecule has 0 fully saturated rings. The van der Waals surface area contributed by atoms with Crippen LogP contribution in [-0.4, -0.2) is 9.13 Å². The van der Waals surface area contributed by atoms with E-state index in [9.17, 15) is 0 Å². The van der Waals surface area contributed by atoms with Gasteiger partial charge in [0.1, 0.15) is 0 Å². The molecule has 2 aromatic heterocycles. The van der Waals surface area contributed by atoms with Crippen LogP contribution in [0.15, 0.2) is 133 Å². The molecule has 0 amide bonds. The normalized spacial score (nSPS) is 12.8. The van der Waals surface area contributed by atoms with Crippen LogP contribution in [0.1, 0.15) is 11.1 Å². The van der Waals surface area contributed by atoms with Gasteiger partial charge in [-0.25, -0.2) is 0 Å². The Hall–Kier alpha value is -5.08. The van der Waals surface area contributed by atoms with Gasteiger partial charge in [-0.15, -0.1) is 0 Å². The van der Waals surface area contributed by atoms with E-state index in [0.717, 1.165) is 12.8 Å². The molecule has 2 heteroatoms. The van der Waals surface area contributed by atoms with Crippen LogP contribution in [0.4, 0.5) is 0 Å². The first-order chi connectivity index (χ1) is 19.8. The second-order valence-electron chi connectivity index (χ2n) is 10.9. The lowest BCUT2D eigenvalue weighted by Crippen LogP contribution is -2.05. The third kappa shape index (κ3) is 2.99. The van der Waals surface area contributed by atoms with E-state index >= 15 is 0 Å². The first-order valence-corrected chi connectivity index (χ1v) is 14.1. The Labute approximate surface area is 232 Å². The van der Waals surface area contributed by atoms with Gasteiger partial charge in [-0.2, -0.15) is 0 Å². The van der Waals surface area contributed by atoms with E-state index in [1.54, 1.807) is 0 Å². The highest BCUT2D eigenvalue weighted by molar-refractivity contribution is 6.13. The van der Waals surface area contributed by atoms with E-state index in [4.69, 9.17) is 0 Å². The highest BCUT2D eigenvalue weighted by Gasteiger charge is 2.23. The van der Waals surface area contributed by atoms with Crippen LogP contribution in [0.5, 0.6) is 0 Å². The molecule has 2 nitrogen and oxygen atoms in total. The summed E-state index contributed by atoms with van der Waals surface area (Å²) < 4.78 is 4.86. The molecule has 0 saturated heterocycles. The van der Waals surface area contributed by atoms with Crippen LogP contribution in [0, 0.1) is 0 Å². The molecule has 8 aromatic rings. The molecule has 0 N–H and O–H groups in total. The molecule has 0 saturated carbocycles. The average Bonchev–Trinajstić information content (AvgIpc) is 3.52. The molecule has 9 rings (SSSR count). The molecule has 0 atom stereocenters. The lowest BCUT2D eigenvalue weighted by molar-refractivity contribution is 0.946.